The van der Waals surface area contributed by atoms with Crippen LogP contribution in [0.25, 0.3) is 11.3 Å². The van der Waals surface area contributed by atoms with Gasteiger partial charge in [-0.1, -0.05) is 35.9 Å². The van der Waals surface area contributed by atoms with Crippen LogP contribution in [0.5, 0.6) is 0 Å². The van der Waals surface area contributed by atoms with Gasteiger partial charge in [-0.25, -0.2) is 4.39 Å². The van der Waals surface area contributed by atoms with E-state index in [2.05, 4.69) is 39.1 Å². The predicted octanol–water partition coefficient (Wildman–Crippen LogP) is 4.81. The van der Waals surface area contributed by atoms with Gasteiger partial charge in [-0.2, -0.15) is 0 Å². The summed E-state index contributed by atoms with van der Waals surface area (Å²) in [5, 5.41) is 9.05. The molecule has 182 valence electrons. The van der Waals surface area contributed by atoms with Gasteiger partial charge in [-0.05, 0) is 55.7 Å². The lowest BCUT2D eigenvalue weighted by Gasteiger charge is -2.39. The van der Waals surface area contributed by atoms with Crippen molar-refractivity contribution in [2.24, 2.45) is 5.92 Å². The molecule has 1 amide bonds. The normalized spacial score (nSPS) is 17.1. The molecule has 0 radical (unpaired) electrons. The van der Waals surface area contributed by atoms with Crippen LogP contribution in [0, 0.1) is 18.7 Å². The molecule has 2 saturated heterocycles. The van der Waals surface area contributed by atoms with Crippen LogP contribution in [0.2, 0.25) is 5.02 Å². The highest BCUT2D eigenvalue weighted by Gasteiger charge is 2.31. The summed E-state index contributed by atoms with van der Waals surface area (Å²) in [5.41, 5.74) is 4.04. The van der Waals surface area contributed by atoms with E-state index >= 15 is 0 Å². The smallest absolute Gasteiger partial charge is 0.225 e. The highest BCUT2D eigenvalue weighted by atomic mass is 35.5. The summed E-state index contributed by atoms with van der Waals surface area (Å²) in [7, 11) is 0. The first kappa shape index (κ1) is 23.5. The van der Waals surface area contributed by atoms with Gasteiger partial charge in [-0.3, -0.25) is 4.79 Å². The SMILES string of the molecule is Cc1ccccc1-c1ccc(N2CCC(C(=O)N3CCN(c4ccc(F)c(Cl)c4)CC3)CC2)nn1. The number of halogens is 2. The molecule has 5 rings (SSSR count). The largest absolute Gasteiger partial charge is 0.368 e. The Balaban J connectivity index is 1.13. The Kier molecular flexibility index (Phi) is 6.86. The van der Waals surface area contributed by atoms with E-state index < -0.39 is 5.82 Å². The summed E-state index contributed by atoms with van der Waals surface area (Å²) >= 11 is 5.93. The molecule has 2 aromatic carbocycles. The van der Waals surface area contributed by atoms with Crippen LogP contribution < -0.4 is 9.80 Å². The Bertz CT molecular complexity index is 1190. The third-order valence-corrected chi connectivity index (χ3v) is 7.39. The molecule has 3 aromatic rings. The van der Waals surface area contributed by atoms with Crippen LogP contribution in [0.3, 0.4) is 0 Å². The molecule has 35 heavy (non-hydrogen) atoms. The molecule has 2 aliphatic heterocycles. The number of benzene rings is 2. The second-order valence-corrected chi connectivity index (χ2v) is 9.67. The number of aromatic nitrogens is 2. The fourth-order valence-electron chi connectivity index (χ4n) is 4.98. The summed E-state index contributed by atoms with van der Waals surface area (Å²) in [6, 6.07) is 17.0. The first-order valence-electron chi connectivity index (χ1n) is 12.1. The van der Waals surface area contributed by atoms with Gasteiger partial charge in [-0.15, -0.1) is 10.2 Å². The zero-order valence-electron chi connectivity index (χ0n) is 19.8. The van der Waals surface area contributed by atoms with E-state index in [0.29, 0.717) is 13.1 Å². The van der Waals surface area contributed by atoms with Gasteiger partial charge in [0.1, 0.15) is 5.82 Å². The molecule has 0 atom stereocenters. The lowest BCUT2D eigenvalue weighted by molar-refractivity contribution is -0.136. The number of rotatable bonds is 4. The quantitative estimate of drug-likeness (QED) is 0.522. The minimum Gasteiger partial charge on any atom is -0.368 e. The summed E-state index contributed by atoms with van der Waals surface area (Å²) in [6.07, 6.45) is 1.63. The summed E-state index contributed by atoms with van der Waals surface area (Å²) in [5.74, 6) is 0.725. The van der Waals surface area contributed by atoms with E-state index in [9.17, 15) is 9.18 Å². The highest BCUT2D eigenvalue weighted by molar-refractivity contribution is 6.31. The molecular formula is C27H29ClFN5O. The van der Waals surface area contributed by atoms with Crippen molar-refractivity contribution < 1.29 is 9.18 Å². The Morgan fingerprint density at radius 3 is 2.31 bits per heavy atom. The lowest BCUT2D eigenvalue weighted by atomic mass is 9.95. The van der Waals surface area contributed by atoms with Crippen LogP contribution in [-0.2, 0) is 4.79 Å². The van der Waals surface area contributed by atoms with Gasteiger partial charge in [0, 0.05) is 56.4 Å². The molecule has 0 bridgehead atoms. The van der Waals surface area contributed by atoms with E-state index in [4.69, 9.17) is 11.6 Å². The predicted molar refractivity (Wildman–Crippen MR) is 137 cm³/mol. The zero-order valence-corrected chi connectivity index (χ0v) is 20.6. The van der Waals surface area contributed by atoms with Crippen molar-refractivity contribution in [2.45, 2.75) is 19.8 Å². The minimum absolute atomic E-state index is 0.0391. The first-order chi connectivity index (χ1) is 17.0. The van der Waals surface area contributed by atoms with Gasteiger partial charge in [0.15, 0.2) is 5.82 Å². The third-order valence-electron chi connectivity index (χ3n) is 7.10. The number of hydrogen-bond donors (Lipinski definition) is 0. The number of piperidine rings is 1. The van der Waals surface area contributed by atoms with E-state index in [0.717, 1.165) is 61.8 Å². The molecule has 8 heteroatoms. The van der Waals surface area contributed by atoms with Crippen LogP contribution >= 0.6 is 11.6 Å². The van der Waals surface area contributed by atoms with Crippen molar-refractivity contribution in [2.75, 3.05) is 49.1 Å². The van der Waals surface area contributed by atoms with Crippen molar-refractivity contribution in [3.05, 3.63) is 71.0 Å². The van der Waals surface area contributed by atoms with Crippen LogP contribution in [-0.4, -0.2) is 60.3 Å². The maximum atomic E-state index is 13.5. The number of piperazine rings is 1. The van der Waals surface area contributed by atoms with E-state index in [-0.39, 0.29) is 16.8 Å². The topological polar surface area (TPSA) is 52.6 Å². The number of carbonyl (C=O) groups excluding carboxylic acids is 1. The summed E-state index contributed by atoms with van der Waals surface area (Å²) in [4.78, 5) is 19.5. The standard InChI is InChI=1S/C27H29ClFN5O/c1-19-4-2-3-5-22(19)25-8-9-26(31-30-25)33-12-10-20(11-13-33)27(35)34-16-14-32(15-17-34)21-6-7-24(29)23(28)18-21/h2-9,18,20H,10-17H2,1H3. The second-order valence-electron chi connectivity index (χ2n) is 9.26. The van der Waals surface area contributed by atoms with Crippen LogP contribution in [0.15, 0.2) is 54.6 Å². The van der Waals surface area contributed by atoms with Crippen molar-refractivity contribution >= 4 is 29.0 Å². The molecule has 0 aliphatic carbocycles. The van der Waals surface area contributed by atoms with Crippen LogP contribution in [0.4, 0.5) is 15.9 Å². The molecule has 0 spiro atoms. The summed E-state index contributed by atoms with van der Waals surface area (Å²) in [6.45, 7) is 6.43. The monoisotopic (exact) mass is 493 g/mol. The van der Waals surface area contributed by atoms with Gasteiger partial charge < -0.3 is 14.7 Å². The fourth-order valence-corrected chi connectivity index (χ4v) is 5.15. The Morgan fingerprint density at radius 2 is 1.66 bits per heavy atom. The molecule has 0 saturated carbocycles. The van der Waals surface area contributed by atoms with Gasteiger partial charge in [0.2, 0.25) is 5.91 Å². The van der Waals surface area contributed by atoms with Crippen molar-refractivity contribution in [3.63, 3.8) is 0 Å². The second kappa shape index (κ2) is 10.2. The fraction of sp³-hybridized carbons (Fsp3) is 0.370. The molecule has 2 aliphatic rings. The van der Waals surface area contributed by atoms with Gasteiger partial charge in [0.25, 0.3) is 0 Å². The molecule has 1 aromatic heterocycles. The number of amides is 1. The lowest BCUT2D eigenvalue weighted by Crippen LogP contribution is -2.51. The van der Waals surface area contributed by atoms with E-state index in [1.54, 1.807) is 12.1 Å². The van der Waals surface area contributed by atoms with Gasteiger partial charge >= 0.3 is 0 Å². The molecule has 2 fully saturated rings. The van der Waals surface area contributed by atoms with Crippen LogP contribution in [0.1, 0.15) is 18.4 Å². The first-order valence-corrected chi connectivity index (χ1v) is 12.5. The van der Waals surface area contributed by atoms with Crippen molar-refractivity contribution in [1.29, 1.82) is 0 Å². The number of hydrogen-bond acceptors (Lipinski definition) is 5. The minimum atomic E-state index is -0.413. The average Bonchev–Trinajstić information content (AvgIpc) is 2.90. The maximum Gasteiger partial charge on any atom is 0.225 e. The van der Waals surface area contributed by atoms with Gasteiger partial charge in [0.05, 0.1) is 10.7 Å². The average molecular weight is 494 g/mol. The number of carbonyl (C=O) groups is 1. The zero-order chi connectivity index (χ0) is 24.4. The molecule has 0 N–H and O–H groups in total. The Morgan fingerprint density at radius 1 is 0.914 bits per heavy atom. The molecule has 0 unspecified atom stereocenters. The van der Waals surface area contributed by atoms with Crippen molar-refractivity contribution in [1.82, 2.24) is 15.1 Å². The molecule has 3 heterocycles. The summed E-state index contributed by atoms with van der Waals surface area (Å²) < 4.78 is 13.5. The number of aryl methyl sites for hydroxylation is 1. The molecular weight excluding hydrogens is 465 g/mol. The third kappa shape index (κ3) is 5.10. The highest BCUT2D eigenvalue weighted by Crippen LogP contribution is 2.27. The van der Waals surface area contributed by atoms with E-state index in [1.165, 1.54) is 11.6 Å². The number of nitrogens with zero attached hydrogens (tertiary/aromatic N) is 5. The molecule has 6 nitrogen and oxygen atoms in total. The number of anilines is 2. The van der Waals surface area contributed by atoms with E-state index in [1.807, 2.05) is 29.2 Å². The van der Waals surface area contributed by atoms with Crippen molar-refractivity contribution in [3.8, 4) is 11.3 Å². The Hall–Kier alpha value is -3.19. The Labute approximate surface area is 210 Å². The maximum absolute atomic E-state index is 13.5.